The van der Waals surface area contributed by atoms with E-state index in [4.69, 9.17) is 9.84 Å². The van der Waals surface area contributed by atoms with Crippen LogP contribution in [0.1, 0.15) is 22.3 Å². The molecule has 0 bridgehead atoms. The number of thiophene rings is 1. The highest BCUT2D eigenvalue weighted by Crippen LogP contribution is 2.23. The van der Waals surface area contributed by atoms with E-state index < -0.39 is 5.97 Å². The van der Waals surface area contributed by atoms with E-state index in [0.29, 0.717) is 11.4 Å². The van der Waals surface area contributed by atoms with Crippen LogP contribution in [0.25, 0.3) is 0 Å². The average molecular weight is 305 g/mol. The van der Waals surface area contributed by atoms with Crippen molar-refractivity contribution in [3.63, 3.8) is 0 Å². The Bertz CT molecular complexity index is 651. The highest BCUT2D eigenvalue weighted by molar-refractivity contribution is 7.14. The van der Waals surface area contributed by atoms with Gasteiger partial charge in [-0.2, -0.15) is 0 Å². The number of carboxylic acid groups (broad SMARTS) is 1. The van der Waals surface area contributed by atoms with E-state index in [0.717, 1.165) is 11.3 Å². The van der Waals surface area contributed by atoms with Gasteiger partial charge in [-0.15, -0.1) is 11.3 Å². The second kappa shape index (κ2) is 6.90. The Morgan fingerprint density at radius 2 is 2.14 bits per heavy atom. The Morgan fingerprint density at radius 3 is 2.86 bits per heavy atom. The van der Waals surface area contributed by atoms with Crippen molar-refractivity contribution in [1.82, 2.24) is 0 Å². The zero-order chi connectivity index (χ0) is 15.2. The molecular formula is C15H15NO4S. The van der Waals surface area contributed by atoms with Gasteiger partial charge in [-0.3, -0.25) is 4.79 Å². The number of hydrogen-bond donors (Lipinski definition) is 2. The molecule has 1 heterocycles. The van der Waals surface area contributed by atoms with Crippen LogP contribution in [-0.2, 0) is 11.2 Å². The fourth-order valence-corrected chi connectivity index (χ4v) is 2.64. The molecule has 0 unspecified atom stereocenters. The number of carbonyl (C=O) groups excluding carboxylic acids is 1. The molecule has 1 aromatic carbocycles. The molecular weight excluding hydrogens is 290 g/mol. The maximum absolute atomic E-state index is 11.9. The topological polar surface area (TPSA) is 75.6 Å². The molecule has 6 heteroatoms. The van der Waals surface area contributed by atoms with Gasteiger partial charge < -0.3 is 15.2 Å². The minimum atomic E-state index is -1.04. The number of carboxylic acids is 1. The smallest absolute Gasteiger partial charge is 0.338 e. The third-order valence-corrected chi connectivity index (χ3v) is 3.75. The molecule has 0 saturated carbocycles. The molecule has 1 aromatic heterocycles. The van der Waals surface area contributed by atoms with E-state index in [1.807, 2.05) is 24.3 Å². The Balaban J connectivity index is 1.93. The Hall–Kier alpha value is -2.34. The molecule has 0 saturated heterocycles. The summed E-state index contributed by atoms with van der Waals surface area (Å²) in [6.07, 6.45) is 0.848. The van der Waals surface area contributed by atoms with Crippen molar-refractivity contribution in [1.29, 1.82) is 0 Å². The lowest BCUT2D eigenvalue weighted by Gasteiger charge is -2.06. The van der Waals surface area contributed by atoms with Crippen molar-refractivity contribution in [2.75, 3.05) is 12.4 Å². The summed E-state index contributed by atoms with van der Waals surface area (Å²) in [4.78, 5) is 22.8. The van der Waals surface area contributed by atoms with Gasteiger partial charge in [0.2, 0.25) is 5.91 Å². The molecule has 2 aromatic rings. The molecule has 2 rings (SSSR count). The first kappa shape index (κ1) is 15.1. The highest BCUT2D eigenvalue weighted by Gasteiger charge is 2.13. The quantitative estimate of drug-likeness (QED) is 0.860. The maximum Gasteiger partial charge on any atom is 0.338 e. The molecule has 0 radical (unpaired) electrons. The second-order valence-corrected chi connectivity index (χ2v) is 5.28. The van der Waals surface area contributed by atoms with Crippen molar-refractivity contribution in [3.05, 3.63) is 46.8 Å². The van der Waals surface area contributed by atoms with Gasteiger partial charge in [-0.1, -0.05) is 12.1 Å². The monoisotopic (exact) mass is 305 g/mol. The Labute approximate surface area is 126 Å². The summed E-state index contributed by atoms with van der Waals surface area (Å²) in [7, 11) is 1.59. The van der Waals surface area contributed by atoms with Gasteiger partial charge >= 0.3 is 5.97 Å². The SMILES string of the molecule is COc1cccc(CCC(=O)Nc2sccc2C(=O)O)c1. The Morgan fingerprint density at radius 1 is 1.33 bits per heavy atom. The number of hydrogen-bond acceptors (Lipinski definition) is 4. The molecule has 0 aliphatic carbocycles. The lowest BCUT2D eigenvalue weighted by Crippen LogP contribution is -2.13. The van der Waals surface area contributed by atoms with Crippen LogP contribution in [0.15, 0.2) is 35.7 Å². The van der Waals surface area contributed by atoms with Crippen LogP contribution < -0.4 is 10.1 Å². The number of amides is 1. The van der Waals surface area contributed by atoms with E-state index in [9.17, 15) is 9.59 Å². The Kier molecular flexibility index (Phi) is 4.94. The first-order chi connectivity index (χ1) is 10.1. The average Bonchev–Trinajstić information content (AvgIpc) is 2.93. The first-order valence-electron chi connectivity index (χ1n) is 6.33. The summed E-state index contributed by atoms with van der Waals surface area (Å²) in [5.74, 6) is -0.499. The van der Waals surface area contributed by atoms with Crippen molar-refractivity contribution < 1.29 is 19.4 Å². The fourth-order valence-electron chi connectivity index (χ4n) is 1.85. The van der Waals surface area contributed by atoms with Gasteiger partial charge in [0.1, 0.15) is 10.8 Å². The number of nitrogens with one attached hydrogen (secondary N) is 1. The minimum absolute atomic E-state index is 0.120. The zero-order valence-corrected chi connectivity index (χ0v) is 12.3. The summed E-state index contributed by atoms with van der Waals surface area (Å²) in [5, 5.41) is 13.6. The van der Waals surface area contributed by atoms with Gasteiger partial charge in [-0.05, 0) is 35.6 Å². The fraction of sp³-hybridized carbons (Fsp3) is 0.200. The first-order valence-corrected chi connectivity index (χ1v) is 7.21. The number of benzene rings is 1. The lowest BCUT2D eigenvalue weighted by molar-refractivity contribution is -0.116. The number of methoxy groups -OCH3 is 1. The van der Waals surface area contributed by atoms with Crippen LogP contribution in [0.3, 0.4) is 0 Å². The third-order valence-electron chi connectivity index (χ3n) is 2.92. The molecule has 5 nitrogen and oxygen atoms in total. The van der Waals surface area contributed by atoms with E-state index in [1.165, 1.54) is 17.4 Å². The standard InChI is InChI=1S/C15H15NO4S/c1-20-11-4-2-3-10(9-11)5-6-13(17)16-14-12(15(18)19)7-8-21-14/h2-4,7-9H,5-6H2,1H3,(H,16,17)(H,18,19). The normalized spacial score (nSPS) is 10.1. The number of rotatable bonds is 6. The van der Waals surface area contributed by atoms with E-state index in [2.05, 4.69) is 5.32 Å². The summed E-state index contributed by atoms with van der Waals surface area (Å²) < 4.78 is 5.12. The molecule has 2 N–H and O–H groups in total. The second-order valence-electron chi connectivity index (χ2n) is 4.37. The molecule has 0 fully saturated rings. The number of anilines is 1. The van der Waals surface area contributed by atoms with Crippen LogP contribution in [0.4, 0.5) is 5.00 Å². The van der Waals surface area contributed by atoms with Crippen molar-refractivity contribution in [3.8, 4) is 5.75 Å². The number of aryl methyl sites for hydroxylation is 1. The summed E-state index contributed by atoms with van der Waals surface area (Å²) >= 11 is 1.20. The van der Waals surface area contributed by atoms with Crippen LogP contribution >= 0.6 is 11.3 Å². The van der Waals surface area contributed by atoms with Crippen molar-refractivity contribution >= 4 is 28.2 Å². The van der Waals surface area contributed by atoms with E-state index in [1.54, 1.807) is 12.5 Å². The lowest BCUT2D eigenvalue weighted by atomic mass is 10.1. The third kappa shape index (κ3) is 4.06. The van der Waals surface area contributed by atoms with Gasteiger partial charge in [0, 0.05) is 6.42 Å². The summed E-state index contributed by atoms with van der Waals surface area (Å²) in [6, 6.07) is 8.98. The van der Waals surface area contributed by atoms with Gasteiger partial charge in [0.15, 0.2) is 0 Å². The van der Waals surface area contributed by atoms with Crippen molar-refractivity contribution in [2.45, 2.75) is 12.8 Å². The number of ether oxygens (including phenoxy) is 1. The summed E-state index contributed by atoms with van der Waals surface area (Å²) in [6.45, 7) is 0. The van der Waals surface area contributed by atoms with Crippen molar-refractivity contribution in [2.24, 2.45) is 0 Å². The molecule has 110 valence electrons. The number of aromatic carboxylic acids is 1. The largest absolute Gasteiger partial charge is 0.497 e. The van der Waals surface area contributed by atoms with Crippen LogP contribution in [0.2, 0.25) is 0 Å². The molecule has 0 atom stereocenters. The van der Waals surface area contributed by atoms with E-state index in [-0.39, 0.29) is 17.9 Å². The van der Waals surface area contributed by atoms with E-state index >= 15 is 0 Å². The van der Waals surface area contributed by atoms with Crippen LogP contribution in [-0.4, -0.2) is 24.1 Å². The number of carbonyl (C=O) groups is 2. The van der Waals surface area contributed by atoms with Gasteiger partial charge in [-0.25, -0.2) is 4.79 Å². The zero-order valence-electron chi connectivity index (χ0n) is 11.5. The summed E-state index contributed by atoms with van der Waals surface area (Å²) in [5.41, 5.74) is 1.11. The van der Waals surface area contributed by atoms with Gasteiger partial charge in [0.05, 0.1) is 12.7 Å². The molecule has 0 aliphatic heterocycles. The van der Waals surface area contributed by atoms with Crippen LogP contribution in [0, 0.1) is 0 Å². The van der Waals surface area contributed by atoms with Crippen LogP contribution in [0.5, 0.6) is 5.75 Å². The predicted molar refractivity (Wildman–Crippen MR) is 81.2 cm³/mol. The molecule has 21 heavy (non-hydrogen) atoms. The predicted octanol–water partition coefficient (Wildman–Crippen LogP) is 3.03. The molecule has 0 spiro atoms. The maximum atomic E-state index is 11.9. The highest BCUT2D eigenvalue weighted by atomic mass is 32.1. The molecule has 0 aliphatic rings. The molecule has 1 amide bonds. The minimum Gasteiger partial charge on any atom is -0.497 e. The van der Waals surface area contributed by atoms with Gasteiger partial charge in [0.25, 0.3) is 0 Å².